The summed E-state index contributed by atoms with van der Waals surface area (Å²) in [5.74, 6) is -1.97. The molecule has 4 rings (SSSR count). The normalized spacial score (nSPS) is 22.4. The summed E-state index contributed by atoms with van der Waals surface area (Å²) in [7, 11) is 0. The number of nitrogens with one attached hydrogen (secondary N) is 1. The standard InChI is InChI=1S/C28H31NO6/c1-2-3-15-34-27(32)19-11-13-22(14-12-19)29-23(30)17-35-28(33)25-21-10-9-20(16-21)24(25)26(31)18-7-5-4-6-8-18/h4-8,11-14,20-21,24-25H,2-3,9-10,15-17H2,1H3,(H,29,30)/t20-,21-,24+,25-/m0/s1. The molecule has 184 valence electrons. The predicted molar refractivity (Wildman–Crippen MR) is 130 cm³/mol. The first-order valence-corrected chi connectivity index (χ1v) is 12.3. The van der Waals surface area contributed by atoms with Gasteiger partial charge in [0.05, 0.1) is 18.1 Å². The molecule has 2 saturated carbocycles. The number of anilines is 1. The van der Waals surface area contributed by atoms with Crippen molar-refractivity contribution in [3.63, 3.8) is 0 Å². The second kappa shape index (κ2) is 11.3. The van der Waals surface area contributed by atoms with Crippen LogP contribution in [0.1, 0.15) is 59.7 Å². The molecular formula is C28H31NO6. The lowest BCUT2D eigenvalue weighted by Crippen LogP contribution is -2.37. The van der Waals surface area contributed by atoms with Gasteiger partial charge in [-0.2, -0.15) is 0 Å². The van der Waals surface area contributed by atoms with E-state index in [0.29, 0.717) is 23.4 Å². The van der Waals surface area contributed by atoms with Crippen LogP contribution in [0.4, 0.5) is 5.69 Å². The van der Waals surface area contributed by atoms with Crippen LogP contribution >= 0.6 is 0 Å². The van der Waals surface area contributed by atoms with Gasteiger partial charge in [0, 0.05) is 17.2 Å². The zero-order valence-corrected chi connectivity index (χ0v) is 19.9. The lowest BCUT2D eigenvalue weighted by Gasteiger charge is -2.28. The van der Waals surface area contributed by atoms with Crippen LogP contribution in [0.5, 0.6) is 0 Å². The number of carbonyl (C=O) groups is 4. The van der Waals surface area contributed by atoms with Crippen molar-refractivity contribution in [3.05, 3.63) is 65.7 Å². The van der Waals surface area contributed by atoms with Gasteiger partial charge in [0.25, 0.3) is 5.91 Å². The van der Waals surface area contributed by atoms with Crippen LogP contribution in [0, 0.1) is 23.7 Å². The fourth-order valence-electron chi connectivity index (χ4n) is 5.31. The first-order valence-electron chi connectivity index (χ1n) is 12.3. The number of ketones is 1. The molecule has 2 aromatic carbocycles. The lowest BCUT2D eigenvalue weighted by molar-refractivity contribution is -0.154. The molecule has 7 heteroatoms. The van der Waals surface area contributed by atoms with Gasteiger partial charge in [-0.3, -0.25) is 14.4 Å². The molecule has 0 radical (unpaired) electrons. The van der Waals surface area contributed by atoms with Gasteiger partial charge in [-0.25, -0.2) is 4.79 Å². The third-order valence-electron chi connectivity index (χ3n) is 7.03. The molecule has 2 aromatic rings. The molecule has 0 aromatic heterocycles. The second-order valence-electron chi connectivity index (χ2n) is 9.34. The van der Waals surface area contributed by atoms with Crippen molar-refractivity contribution < 1.29 is 28.7 Å². The van der Waals surface area contributed by atoms with Crippen LogP contribution in [0.25, 0.3) is 0 Å². The molecule has 2 bridgehead atoms. The number of rotatable bonds is 10. The molecule has 1 N–H and O–H groups in total. The van der Waals surface area contributed by atoms with E-state index in [-0.39, 0.29) is 17.6 Å². The quantitative estimate of drug-likeness (QED) is 0.303. The summed E-state index contributed by atoms with van der Waals surface area (Å²) in [4.78, 5) is 50.5. The smallest absolute Gasteiger partial charge is 0.338 e. The van der Waals surface area contributed by atoms with Crippen molar-refractivity contribution in [2.45, 2.75) is 39.0 Å². The largest absolute Gasteiger partial charge is 0.462 e. The van der Waals surface area contributed by atoms with E-state index in [1.54, 1.807) is 36.4 Å². The minimum absolute atomic E-state index is 0.0162. The maximum Gasteiger partial charge on any atom is 0.338 e. The Labute approximate surface area is 205 Å². The fourth-order valence-corrected chi connectivity index (χ4v) is 5.31. The Morgan fingerprint density at radius 3 is 2.23 bits per heavy atom. The Morgan fingerprint density at radius 1 is 0.857 bits per heavy atom. The van der Waals surface area contributed by atoms with Crippen LogP contribution < -0.4 is 5.32 Å². The number of benzene rings is 2. The molecule has 0 spiro atoms. The average molecular weight is 478 g/mol. The van der Waals surface area contributed by atoms with Crippen molar-refractivity contribution in [1.29, 1.82) is 0 Å². The van der Waals surface area contributed by atoms with E-state index in [0.717, 1.165) is 32.1 Å². The van der Waals surface area contributed by atoms with Gasteiger partial charge in [0.2, 0.25) is 0 Å². The van der Waals surface area contributed by atoms with Crippen molar-refractivity contribution in [2.24, 2.45) is 23.7 Å². The summed E-state index contributed by atoms with van der Waals surface area (Å²) in [5, 5.41) is 2.66. The Hall–Kier alpha value is -3.48. The Morgan fingerprint density at radius 2 is 1.54 bits per heavy atom. The van der Waals surface area contributed by atoms with Gasteiger partial charge in [-0.15, -0.1) is 0 Å². The van der Waals surface area contributed by atoms with Gasteiger partial charge in [0.1, 0.15) is 0 Å². The molecule has 2 aliphatic rings. The number of fused-ring (bicyclic) bond motifs is 2. The number of carbonyl (C=O) groups excluding carboxylic acids is 4. The summed E-state index contributed by atoms with van der Waals surface area (Å²) >= 11 is 0. The van der Waals surface area contributed by atoms with E-state index in [2.05, 4.69) is 5.32 Å². The minimum atomic E-state index is -0.507. The number of amides is 1. The molecule has 0 aliphatic heterocycles. The highest BCUT2D eigenvalue weighted by Crippen LogP contribution is 2.53. The van der Waals surface area contributed by atoms with Gasteiger partial charge in [-0.05, 0) is 61.8 Å². The van der Waals surface area contributed by atoms with Crippen molar-refractivity contribution in [2.75, 3.05) is 18.5 Å². The number of Topliss-reactive ketones (excluding diaryl/α,β-unsaturated/α-hetero) is 1. The second-order valence-corrected chi connectivity index (χ2v) is 9.34. The van der Waals surface area contributed by atoms with Crippen LogP contribution in [0.2, 0.25) is 0 Å². The topological polar surface area (TPSA) is 98.8 Å². The maximum absolute atomic E-state index is 13.2. The summed E-state index contributed by atoms with van der Waals surface area (Å²) in [5.41, 5.74) is 1.49. The molecule has 7 nitrogen and oxygen atoms in total. The van der Waals surface area contributed by atoms with Crippen LogP contribution in [-0.2, 0) is 19.1 Å². The SMILES string of the molecule is CCCCOC(=O)c1ccc(NC(=O)COC(=O)[C@H]2[C@H]3CC[C@@H](C3)[C@H]2C(=O)c2ccccc2)cc1. The minimum Gasteiger partial charge on any atom is -0.462 e. The fraction of sp³-hybridized carbons (Fsp3) is 0.429. The number of hydrogen-bond donors (Lipinski definition) is 1. The number of esters is 2. The maximum atomic E-state index is 13.2. The van der Waals surface area contributed by atoms with Crippen LogP contribution in [0.3, 0.4) is 0 Å². The summed E-state index contributed by atoms with van der Waals surface area (Å²) in [6.07, 6.45) is 4.45. The highest BCUT2D eigenvalue weighted by Gasteiger charge is 2.54. The van der Waals surface area contributed by atoms with E-state index in [9.17, 15) is 19.2 Å². The molecule has 0 unspecified atom stereocenters. The number of hydrogen-bond acceptors (Lipinski definition) is 6. The van der Waals surface area contributed by atoms with Crippen molar-refractivity contribution in [3.8, 4) is 0 Å². The van der Waals surface area contributed by atoms with Crippen LogP contribution in [-0.4, -0.2) is 36.8 Å². The van der Waals surface area contributed by atoms with E-state index < -0.39 is 36.3 Å². The monoisotopic (exact) mass is 477 g/mol. The van der Waals surface area contributed by atoms with Gasteiger partial charge in [-0.1, -0.05) is 43.7 Å². The zero-order valence-electron chi connectivity index (χ0n) is 19.9. The summed E-state index contributed by atoms with van der Waals surface area (Å²) in [6.45, 7) is 1.96. The molecule has 1 amide bonds. The molecule has 4 atom stereocenters. The molecule has 0 heterocycles. The first kappa shape index (κ1) is 24.6. The van der Waals surface area contributed by atoms with Gasteiger partial charge >= 0.3 is 11.9 Å². The summed E-state index contributed by atoms with van der Waals surface area (Å²) < 4.78 is 10.5. The molecule has 2 aliphatic carbocycles. The zero-order chi connectivity index (χ0) is 24.8. The Bertz CT molecular complexity index is 1060. The lowest BCUT2D eigenvalue weighted by atomic mass is 9.75. The van der Waals surface area contributed by atoms with Crippen LogP contribution in [0.15, 0.2) is 54.6 Å². The predicted octanol–water partition coefficient (Wildman–Crippen LogP) is 4.67. The van der Waals surface area contributed by atoms with E-state index in [1.807, 2.05) is 25.1 Å². The number of ether oxygens (including phenoxy) is 2. The highest BCUT2D eigenvalue weighted by atomic mass is 16.5. The van der Waals surface area contributed by atoms with Gasteiger partial charge in [0.15, 0.2) is 12.4 Å². The van der Waals surface area contributed by atoms with E-state index >= 15 is 0 Å². The Kier molecular flexibility index (Phi) is 7.95. The molecule has 35 heavy (non-hydrogen) atoms. The molecule has 2 fully saturated rings. The van der Waals surface area contributed by atoms with Gasteiger partial charge < -0.3 is 14.8 Å². The number of unbranched alkanes of at least 4 members (excludes halogenated alkanes) is 1. The van der Waals surface area contributed by atoms with E-state index in [1.165, 1.54) is 0 Å². The highest BCUT2D eigenvalue weighted by molar-refractivity contribution is 6.01. The Balaban J connectivity index is 1.30. The van der Waals surface area contributed by atoms with Crippen molar-refractivity contribution in [1.82, 2.24) is 0 Å². The molecular weight excluding hydrogens is 446 g/mol. The van der Waals surface area contributed by atoms with E-state index in [4.69, 9.17) is 9.47 Å². The average Bonchev–Trinajstić information content (AvgIpc) is 3.50. The third kappa shape index (κ3) is 5.78. The molecule has 0 saturated heterocycles. The third-order valence-corrected chi connectivity index (χ3v) is 7.03. The summed E-state index contributed by atoms with van der Waals surface area (Å²) in [6, 6.07) is 15.4. The first-order chi connectivity index (χ1) is 17.0. The van der Waals surface area contributed by atoms with Crippen molar-refractivity contribution >= 4 is 29.3 Å².